The molecular weight excluding hydrogens is 298 g/mol. The lowest BCUT2D eigenvalue weighted by molar-refractivity contribution is 0.171. The summed E-state index contributed by atoms with van der Waals surface area (Å²) < 4.78 is 11.1. The van der Waals surface area contributed by atoms with Crippen molar-refractivity contribution in [2.45, 2.75) is 24.3 Å². The summed E-state index contributed by atoms with van der Waals surface area (Å²) in [6.45, 7) is 3.13. The number of halogens is 1. The molecule has 106 valence electrons. The highest BCUT2D eigenvalue weighted by atomic mass is 35.5. The molecule has 0 saturated heterocycles. The minimum absolute atomic E-state index is 0.539. The van der Waals surface area contributed by atoms with Gasteiger partial charge < -0.3 is 9.47 Å². The second kappa shape index (κ2) is 5.93. The number of hydrogen-bond acceptors (Lipinski definition) is 5. The first-order valence-corrected chi connectivity index (χ1v) is 7.74. The molecule has 0 saturated carbocycles. The Kier molecular flexibility index (Phi) is 4.03. The summed E-state index contributed by atoms with van der Waals surface area (Å²) in [5, 5.41) is 8.38. The molecule has 0 radical (unpaired) electrons. The number of aromatic amines is 1. The smallest absolute Gasteiger partial charge is 0.208 e. The van der Waals surface area contributed by atoms with Gasteiger partial charge in [-0.1, -0.05) is 30.3 Å². The lowest BCUT2D eigenvalue weighted by Crippen LogP contribution is -2.15. The van der Waals surface area contributed by atoms with Crippen molar-refractivity contribution in [1.29, 1.82) is 0 Å². The fourth-order valence-corrected chi connectivity index (χ4v) is 2.93. The van der Waals surface area contributed by atoms with E-state index in [2.05, 4.69) is 15.2 Å². The predicted octanol–water partition coefficient (Wildman–Crippen LogP) is 3.08. The quantitative estimate of drug-likeness (QED) is 0.879. The monoisotopic (exact) mass is 311 g/mol. The van der Waals surface area contributed by atoms with Crippen LogP contribution in [0.15, 0.2) is 17.3 Å². The first kappa shape index (κ1) is 13.6. The molecule has 0 bridgehead atoms. The standard InChI is InChI=1S/C13H14ClN3O2S/c1-2-11-15-13(17-16-11)20-7-8-5-9(14)12-10(6-8)18-3-4-19-12/h5-6H,2-4,7H2,1H3,(H,15,16,17). The number of hydrogen-bond donors (Lipinski definition) is 1. The highest BCUT2D eigenvalue weighted by Gasteiger charge is 2.16. The summed E-state index contributed by atoms with van der Waals surface area (Å²) in [4.78, 5) is 4.36. The molecule has 0 unspecified atom stereocenters. The number of aryl methyl sites for hydroxylation is 1. The van der Waals surface area contributed by atoms with Crippen LogP contribution < -0.4 is 9.47 Å². The van der Waals surface area contributed by atoms with Gasteiger partial charge in [0.2, 0.25) is 5.16 Å². The summed E-state index contributed by atoms with van der Waals surface area (Å²) in [5.74, 6) is 2.98. The average molecular weight is 312 g/mol. The van der Waals surface area contributed by atoms with Gasteiger partial charge in [-0.2, -0.15) is 0 Å². The number of nitrogens with zero attached hydrogens (tertiary/aromatic N) is 2. The van der Waals surface area contributed by atoms with Gasteiger partial charge in [-0.05, 0) is 17.7 Å². The van der Waals surface area contributed by atoms with E-state index in [4.69, 9.17) is 21.1 Å². The highest BCUT2D eigenvalue weighted by molar-refractivity contribution is 7.98. The average Bonchev–Trinajstić information content (AvgIpc) is 2.93. The Hall–Kier alpha value is -1.40. The fraction of sp³-hybridized carbons (Fsp3) is 0.385. The first-order chi connectivity index (χ1) is 9.76. The fourth-order valence-electron chi connectivity index (χ4n) is 1.90. The zero-order valence-electron chi connectivity index (χ0n) is 11.0. The van der Waals surface area contributed by atoms with Gasteiger partial charge in [-0.3, -0.25) is 5.10 Å². The number of aromatic nitrogens is 3. The number of thioether (sulfide) groups is 1. The number of benzene rings is 1. The van der Waals surface area contributed by atoms with Crippen LogP contribution >= 0.6 is 23.4 Å². The molecule has 1 aliphatic heterocycles. The minimum Gasteiger partial charge on any atom is -0.486 e. The number of rotatable bonds is 4. The summed E-state index contributed by atoms with van der Waals surface area (Å²) in [6, 6.07) is 3.86. The molecule has 20 heavy (non-hydrogen) atoms. The van der Waals surface area contributed by atoms with Gasteiger partial charge in [-0.15, -0.1) is 5.10 Å². The Bertz CT molecular complexity index is 618. The Morgan fingerprint density at radius 2 is 2.20 bits per heavy atom. The van der Waals surface area contributed by atoms with E-state index >= 15 is 0 Å². The largest absolute Gasteiger partial charge is 0.486 e. The van der Waals surface area contributed by atoms with Crippen LogP contribution in [0.4, 0.5) is 0 Å². The summed E-state index contributed by atoms with van der Waals surface area (Å²) in [5.41, 5.74) is 1.06. The highest BCUT2D eigenvalue weighted by Crippen LogP contribution is 2.39. The van der Waals surface area contributed by atoms with Crippen LogP contribution in [-0.2, 0) is 12.2 Å². The van der Waals surface area contributed by atoms with E-state index in [1.165, 1.54) is 0 Å². The zero-order chi connectivity index (χ0) is 13.9. The maximum atomic E-state index is 6.20. The third kappa shape index (κ3) is 2.86. The predicted molar refractivity (Wildman–Crippen MR) is 77.8 cm³/mol. The Balaban J connectivity index is 1.72. The lowest BCUT2D eigenvalue weighted by atomic mass is 10.2. The topological polar surface area (TPSA) is 60.0 Å². The Morgan fingerprint density at radius 1 is 1.35 bits per heavy atom. The molecule has 7 heteroatoms. The molecule has 0 aliphatic carbocycles. The lowest BCUT2D eigenvalue weighted by Gasteiger charge is -2.20. The molecule has 1 N–H and O–H groups in total. The van der Waals surface area contributed by atoms with E-state index < -0.39 is 0 Å². The van der Waals surface area contributed by atoms with Gasteiger partial charge in [0.25, 0.3) is 0 Å². The van der Waals surface area contributed by atoms with Crippen molar-refractivity contribution in [3.63, 3.8) is 0 Å². The molecule has 5 nitrogen and oxygen atoms in total. The van der Waals surface area contributed by atoms with Crippen molar-refractivity contribution in [3.05, 3.63) is 28.5 Å². The first-order valence-electron chi connectivity index (χ1n) is 6.38. The number of fused-ring (bicyclic) bond motifs is 1. The molecule has 1 aromatic carbocycles. The van der Waals surface area contributed by atoms with Gasteiger partial charge >= 0.3 is 0 Å². The van der Waals surface area contributed by atoms with Crippen molar-refractivity contribution in [3.8, 4) is 11.5 Å². The van der Waals surface area contributed by atoms with Gasteiger partial charge in [-0.25, -0.2) is 4.98 Å². The van der Waals surface area contributed by atoms with Crippen LogP contribution in [0.2, 0.25) is 5.02 Å². The van der Waals surface area contributed by atoms with Crippen molar-refractivity contribution in [2.24, 2.45) is 0 Å². The molecular formula is C13H14ClN3O2S. The van der Waals surface area contributed by atoms with E-state index in [1.54, 1.807) is 11.8 Å². The van der Waals surface area contributed by atoms with Crippen LogP contribution in [0, 0.1) is 0 Å². The van der Waals surface area contributed by atoms with Crippen LogP contribution in [-0.4, -0.2) is 28.4 Å². The number of ether oxygens (including phenoxy) is 2. The normalized spacial score (nSPS) is 13.5. The molecule has 1 aromatic heterocycles. The molecule has 0 atom stereocenters. The van der Waals surface area contributed by atoms with E-state index in [0.717, 1.165) is 28.7 Å². The minimum atomic E-state index is 0.539. The van der Waals surface area contributed by atoms with Gasteiger partial charge in [0, 0.05) is 12.2 Å². The van der Waals surface area contributed by atoms with E-state index in [1.807, 2.05) is 19.1 Å². The number of H-pyrrole nitrogens is 1. The Labute approximate surface area is 126 Å². The molecule has 2 heterocycles. The van der Waals surface area contributed by atoms with Crippen LogP contribution in [0.5, 0.6) is 11.5 Å². The second-order valence-electron chi connectivity index (χ2n) is 4.31. The van der Waals surface area contributed by atoms with Crippen LogP contribution in [0.3, 0.4) is 0 Å². The maximum Gasteiger partial charge on any atom is 0.208 e. The van der Waals surface area contributed by atoms with Crippen molar-refractivity contribution in [1.82, 2.24) is 15.2 Å². The maximum absolute atomic E-state index is 6.20. The SMILES string of the molecule is CCc1nc(SCc2cc(Cl)c3c(c2)OCCO3)n[nH]1. The van der Waals surface area contributed by atoms with Gasteiger partial charge in [0.15, 0.2) is 11.5 Å². The third-order valence-corrected chi connectivity index (χ3v) is 4.07. The molecule has 0 fully saturated rings. The molecule has 2 aromatic rings. The molecule has 1 aliphatic rings. The summed E-state index contributed by atoms with van der Waals surface area (Å²) >= 11 is 7.76. The van der Waals surface area contributed by atoms with Crippen molar-refractivity contribution in [2.75, 3.05) is 13.2 Å². The summed E-state index contributed by atoms with van der Waals surface area (Å²) in [7, 11) is 0. The van der Waals surface area contributed by atoms with Crippen molar-refractivity contribution < 1.29 is 9.47 Å². The molecule has 3 rings (SSSR count). The van der Waals surface area contributed by atoms with Crippen LogP contribution in [0.25, 0.3) is 0 Å². The Morgan fingerprint density at radius 3 is 3.00 bits per heavy atom. The second-order valence-corrected chi connectivity index (χ2v) is 5.66. The third-order valence-electron chi connectivity index (χ3n) is 2.87. The van der Waals surface area contributed by atoms with Gasteiger partial charge in [0.05, 0.1) is 5.02 Å². The van der Waals surface area contributed by atoms with E-state index in [-0.39, 0.29) is 0 Å². The number of nitrogens with one attached hydrogen (secondary N) is 1. The van der Waals surface area contributed by atoms with E-state index in [9.17, 15) is 0 Å². The van der Waals surface area contributed by atoms with E-state index in [0.29, 0.717) is 29.7 Å². The van der Waals surface area contributed by atoms with Crippen molar-refractivity contribution >= 4 is 23.4 Å². The summed E-state index contributed by atoms with van der Waals surface area (Å²) in [6.07, 6.45) is 0.851. The van der Waals surface area contributed by atoms with Crippen LogP contribution in [0.1, 0.15) is 18.3 Å². The zero-order valence-corrected chi connectivity index (χ0v) is 12.6. The molecule has 0 spiro atoms. The molecule has 0 amide bonds. The van der Waals surface area contributed by atoms with Gasteiger partial charge in [0.1, 0.15) is 19.0 Å².